The molecule has 1 heterocycles. The van der Waals surface area contributed by atoms with Gasteiger partial charge in [0.05, 0.1) is 0 Å². The molecular formula is C9H18N2S. The van der Waals surface area contributed by atoms with Crippen molar-refractivity contribution in [2.45, 2.75) is 37.0 Å². The second-order valence-corrected chi connectivity index (χ2v) is 4.55. The minimum absolute atomic E-state index is 0.424. The molecule has 0 aromatic rings. The van der Waals surface area contributed by atoms with Crippen molar-refractivity contribution in [2.75, 3.05) is 5.75 Å². The molecule has 3 heteroatoms. The van der Waals surface area contributed by atoms with Crippen molar-refractivity contribution in [1.82, 2.24) is 5.43 Å². The van der Waals surface area contributed by atoms with Gasteiger partial charge >= 0.3 is 0 Å². The van der Waals surface area contributed by atoms with Crippen LogP contribution in [-0.2, 0) is 0 Å². The first-order chi connectivity index (χ1) is 5.88. The second-order valence-electron chi connectivity index (χ2n) is 3.20. The normalized spacial score (nSPS) is 26.6. The molecule has 2 atom stereocenters. The lowest BCUT2D eigenvalue weighted by Crippen LogP contribution is -2.43. The summed E-state index contributed by atoms with van der Waals surface area (Å²) in [5.41, 5.74) is 2.88. The van der Waals surface area contributed by atoms with Crippen LogP contribution >= 0.6 is 11.8 Å². The highest BCUT2D eigenvalue weighted by Crippen LogP contribution is 2.28. The molecule has 1 fully saturated rings. The van der Waals surface area contributed by atoms with Crippen LogP contribution in [0, 0.1) is 0 Å². The molecule has 0 aliphatic carbocycles. The van der Waals surface area contributed by atoms with Gasteiger partial charge in [0.1, 0.15) is 0 Å². The van der Waals surface area contributed by atoms with Gasteiger partial charge in [-0.05, 0) is 25.0 Å². The monoisotopic (exact) mass is 186 g/mol. The number of hydrogen-bond donors (Lipinski definition) is 2. The summed E-state index contributed by atoms with van der Waals surface area (Å²) >= 11 is 2.05. The van der Waals surface area contributed by atoms with Crippen LogP contribution in [0.5, 0.6) is 0 Å². The summed E-state index contributed by atoms with van der Waals surface area (Å²) in [4.78, 5) is 0. The number of rotatable bonds is 4. The van der Waals surface area contributed by atoms with E-state index >= 15 is 0 Å². The fraction of sp³-hybridized carbons (Fsp3) is 0.778. The van der Waals surface area contributed by atoms with E-state index in [0.717, 1.165) is 6.42 Å². The number of nitrogens with one attached hydrogen (secondary N) is 1. The number of hydrogen-bond acceptors (Lipinski definition) is 3. The van der Waals surface area contributed by atoms with Gasteiger partial charge < -0.3 is 0 Å². The summed E-state index contributed by atoms with van der Waals surface area (Å²) in [7, 11) is 0. The van der Waals surface area contributed by atoms with Gasteiger partial charge in [0.2, 0.25) is 0 Å². The molecule has 0 saturated carbocycles. The molecule has 0 aromatic carbocycles. The van der Waals surface area contributed by atoms with Gasteiger partial charge in [-0.1, -0.05) is 12.5 Å². The molecule has 3 N–H and O–H groups in total. The van der Waals surface area contributed by atoms with E-state index in [1.54, 1.807) is 0 Å². The predicted octanol–water partition coefficient (Wildman–Crippen LogP) is 1.68. The average molecular weight is 186 g/mol. The molecule has 70 valence electrons. The van der Waals surface area contributed by atoms with E-state index in [9.17, 15) is 0 Å². The minimum Gasteiger partial charge on any atom is -0.271 e. The summed E-state index contributed by atoms with van der Waals surface area (Å²) in [5.74, 6) is 6.77. The van der Waals surface area contributed by atoms with E-state index in [1.165, 1.54) is 25.0 Å². The maximum Gasteiger partial charge on any atom is 0.0363 e. The first kappa shape index (κ1) is 10.1. The molecule has 12 heavy (non-hydrogen) atoms. The Labute approximate surface area is 78.9 Å². The molecule has 1 aliphatic heterocycles. The molecule has 1 saturated heterocycles. The quantitative estimate of drug-likeness (QED) is 0.398. The second kappa shape index (κ2) is 5.62. The molecule has 0 bridgehead atoms. The van der Waals surface area contributed by atoms with Gasteiger partial charge in [-0.2, -0.15) is 11.8 Å². The van der Waals surface area contributed by atoms with Crippen LogP contribution in [0.15, 0.2) is 12.7 Å². The molecule has 0 radical (unpaired) electrons. The van der Waals surface area contributed by atoms with Crippen LogP contribution in [0.25, 0.3) is 0 Å². The standard InChI is InChI=1S/C9H18N2S/c1-2-5-8(11-10)9-6-3-4-7-12-9/h2,8-9,11H,1,3-7,10H2. The third-order valence-corrected chi connectivity index (χ3v) is 3.82. The van der Waals surface area contributed by atoms with Gasteiger partial charge in [0, 0.05) is 11.3 Å². The van der Waals surface area contributed by atoms with Crippen LogP contribution in [0.1, 0.15) is 25.7 Å². The van der Waals surface area contributed by atoms with Crippen molar-refractivity contribution in [3.05, 3.63) is 12.7 Å². The molecule has 0 spiro atoms. The van der Waals surface area contributed by atoms with Crippen LogP contribution in [0.2, 0.25) is 0 Å². The number of nitrogens with two attached hydrogens (primary N) is 1. The van der Waals surface area contributed by atoms with Gasteiger partial charge in [-0.3, -0.25) is 11.3 Å². The Kier molecular flexibility index (Phi) is 4.73. The van der Waals surface area contributed by atoms with Crippen molar-refractivity contribution in [1.29, 1.82) is 0 Å². The molecule has 2 unspecified atom stereocenters. The Bertz CT molecular complexity index is 132. The summed E-state index contributed by atoms with van der Waals surface area (Å²) in [6, 6.07) is 0.424. The summed E-state index contributed by atoms with van der Waals surface area (Å²) in [6.07, 6.45) is 6.95. The highest BCUT2D eigenvalue weighted by atomic mass is 32.2. The summed E-state index contributed by atoms with van der Waals surface area (Å²) in [6.45, 7) is 3.74. The predicted molar refractivity (Wildman–Crippen MR) is 56.0 cm³/mol. The molecule has 0 amide bonds. The van der Waals surface area contributed by atoms with E-state index in [0.29, 0.717) is 11.3 Å². The van der Waals surface area contributed by atoms with Gasteiger partial charge in [-0.25, -0.2) is 0 Å². The summed E-state index contributed by atoms with van der Waals surface area (Å²) in [5, 5.41) is 0.696. The first-order valence-electron chi connectivity index (χ1n) is 4.57. The van der Waals surface area contributed by atoms with Gasteiger partial charge in [-0.15, -0.1) is 6.58 Å². The van der Waals surface area contributed by atoms with E-state index in [1.807, 2.05) is 17.8 Å². The van der Waals surface area contributed by atoms with E-state index < -0.39 is 0 Å². The zero-order chi connectivity index (χ0) is 8.81. The Hall–Kier alpha value is 0.0100. The van der Waals surface area contributed by atoms with Crippen molar-refractivity contribution >= 4 is 11.8 Å². The topological polar surface area (TPSA) is 38.0 Å². The van der Waals surface area contributed by atoms with E-state index in [2.05, 4.69) is 12.0 Å². The average Bonchev–Trinajstić information content (AvgIpc) is 2.15. The third-order valence-electron chi connectivity index (χ3n) is 2.30. The zero-order valence-corrected chi connectivity index (χ0v) is 8.28. The number of thioether (sulfide) groups is 1. The van der Waals surface area contributed by atoms with Crippen molar-refractivity contribution in [3.8, 4) is 0 Å². The first-order valence-corrected chi connectivity index (χ1v) is 5.62. The van der Waals surface area contributed by atoms with Crippen molar-refractivity contribution in [3.63, 3.8) is 0 Å². The lowest BCUT2D eigenvalue weighted by Gasteiger charge is -2.28. The third kappa shape index (κ3) is 2.81. The lowest BCUT2D eigenvalue weighted by atomic mass is 10.1. The fourth-order valence-electron chi connectivity index (χ4n) is 1.59. The highest BCUT2D eigenvalue weighted by Gasteiger charge is 2.21. The van der Waals surface area contributed by atoms with Crippen LogP contribution in [0.4, 0.5) is 0 Å². The van der Waals surface area contributed by atoms with Gasteiger partial charge in [0.25, 0.3) is 0 Å². The van der Waals surface area contributed by atoms with Crippen molar-refractivity contribution in [2.24, 2.45) is 5.84 Å². The fourth-order valence-corrected chi connectivity index (χ4v) is 3.02. The molecule has 1 rings (SSSR count). The molecule has 2 nitrogen and oxygen atoms in total. The minimum atomic E-state index is 0.424. The van der Waals surface area contributed by atoms with Crippen molar-refractivity contribution < 1.29 is 0 Å². The Balaban J connectivity index is 2.34. The van der Waals surface area contributed by atoms with Gasteiger partial charge in [0.15, 0.2) is 0 Å². The maximum atomic E-state index is 5.48. The maximum absolute atomic E-state index is 5.48. The lowest BCUT2D eigenvalue weighted by molar-refractivity contribution is 0.478. The Morgan fingerprint density at radius 2 is 2.50 bits per heavy atom. The molecular weight excluding hydrogens is 168 g/mol. The zero-order valence-electron chi connectivity index (χ0n) is 7.46. The number of hydrazine groups is 1. The molecule has 1 aliphatic rings. The van der Waals surface area contributed by atoms with E-state index in [-0.39, 0.29) is 0 Å². The van der Waals surface area contributed by atoms with Crippen LogP contribution in [0.3, 0.4) is 0 Å². The Morgan fingerprint density at radius 1 is 1.67 bits per heavy atom. The summed E-state index contributed by atoms with van der Waals surface area (Å²) < 4.78 is 0. The van der Waals surface area contributed by atoms with E-state index in [4.69, 9.17) is 5.84 Å². The molecule has 0 aromatic heterocycles. The van der Waals surface area contributed by atoms with Crippen LogP contribution < -0.4 is 11.3 Å². The SMILES string of the molecule is C=CCC(NN)C1CCCCS1. The Morgan fingerprint density at radius 3 is 3.00 bits per heavy atom. The smallest absolute Gasteiger partial charge is 0.0363 e. The highest BCUT2D eigenvalue weighted by molar-refractivity contribution is 8.00. The largest absolute Gasteiger partial charge is 0.271 e. The van der Waals surface area contributed by atoms with Crippen LogP contribution in [-0.4, -0.2) is 17.0 Å².